The Morgan fingerprint density at radius 1 is 0.925 bits per heavy atom. The Morgan fingerprint density at radius 3 is 2.38 bits per heavy atom. The highest BCUT2D eigenvalue weighted by Gasteiger charge is 2.30. The van der Waals surface area contributed by atoms with Crippen LogP contribution in [0.4, 0.5) is 18.9 Å². The van der Waals surface area contributed by atoms with Crippen LogP contribution in [-0.4, -0.2) is 28.0 Å². The molecule has 5 rings (SSSR count). The third kappa shape index (κ3) is 6.17. The van der Waals surface area contributed by atoms with Gasteiger partial charge in [-0.1, -0.05) is 30.3 Å². The van der Waals surface area contributed by atoms with Gasteiger partial charge in [-0.25, -0.2) is 9.97 Å². The number of nitrogens with one attached hydrogen (secondary N) is 1. The Bertz CT molecular complexity index is 1630. The summed E-state index contributed by atoms with van der Waals surface area (Å²) < 4.78 is 49.8. The molecule has 1 N–H and O–H groups in total. The van der Waals surface area contributed by atoms with Crippen LogP contribution in [0, 0.1) is 0 Å². The Balaban J connectivity index is 1.32. The van der Waals surface area contributed by atoms with Gasteiger partial charge in [0.25, 0.3) is 0 Å². The van der Waals surface area contributed by atoms with Crippen LogP contribution in [0.25, 0.3) is 22.2 Å². The highest BCUT2D eigenvalue weighted by atomic mass is 19.4. The second-order valence-corrected chi connectivity index (χ2v) is 8.89. The minimum absolute atomic E-state index is 0.0555. The van der Waals surface area contributed by atoms with Gasteiger partial charge in [-0.05, 0) is 42.0 Å². The van der Waals surface area contributed by atoms with Crippen molar-refractivity contribution in [2.75, 3.05) is 12.4 Å². The highest BCUT2D eigenvalue weighted by molar-refractivity contribution is 5.95. The van der Waals surface area contributed by atoms with E-state index in [0.29, 0.717) is 40.6 Å². The van der Waals surface area contributed by atoms with Crippen molar-refractivity contribution in [1.29, 1.82) is 0 Å². The van der Waals surface area contributed by atoms with Crippen LogP contribution >= 0.6 is 0 Å². The van der Waals surface area contributed by atoms with Gasteiger partial charge in [0.05, 0.1) is 30.3 Å². The van der Waals surface area contributed by atoms with Gasteiger partial charge in [0.2, 0.25) is 5.91 Å². The summed E-state index contributed by atoms with van der Waals surface area (Å²) in [5, 5.41) is 3.53. The average Bonchev–Trinajstić information content (AvgIpc) is 2.96. The largest absolute Gasteiger partial charge is 0.493 e. The quantitative estimate of drug-likeness (QED) is 0.241. The van der Waals surface area contributed by atoms with Crippen LogP contribution in [-0.2, 0) is 24.0 Å². The number of halogens is 3. The molecular weight excluding hydrogens is 521 g/mol. The van der Waals surface area contributed by atoms with Crippen molar-refractivity contribution in [2.45, 2.75) is 19.2 Å². The Hall–Kier alpha value is -4.99. The topological polar surface area (TPSA) is 86.2 Å². The molecule has 3 aromatic carbocycles. The summed E-state index contributed by atoms with van der Waals surface area (Å²) in [6.07, 6.45) is 0.414. The van der Waals surface area contributed by atoms with Crippen LogP contribution in [0.3, 0.4) is 0 Å². The van der Waals surface area contributed by atoms with E-state index in [0.717, 1.165) is 28.6 Å². The fourth-order valence-electron chi connectivity index (χ4n) is 4.12. The molecule has 10 heteroatoms. The van der Waals surface area contributed by atoms with Crippen LogP contribution < -0.4 is 14.8 Å². The van der Waals surface area contributed by atoms with E-state index in [2.05, 4.69) is 20.3 Å². The predicted octanol–water partition coefficient (Wildman–Crippen LogP) is 6.48. The maximum atomic E-state index is 12.8. The average molecular weight is 545 g/mol. The second-order valence-electron chi connectivity index (χ2n) is 8.89. The first-order valence-corrected chi connectivity index (χ1v) is 12.2. The van der Waals surface area contributed by atoms with E-state index in [4.69, 9.17) is 9.47 Å². The maximum Gasteiger partial charge on any atom is 0.416 e. The zero-order valence-electron chi connectivity index (χ0n) is 21.3. The lowest BCUT2D eigenvalue weighted by molar-refractivity contribution is -0.137. The molecule has 0 aliphatic carbocycles. The van der Waals surface area contributed by atoms with Gasteiger partial charge < -0.3 is 14.8 Å². The molecular formula is C30H23F3N4O3. The minimum atomic E-state index is -4.42. The summed E-state index contributed by atoms with van der Waals surface area (Å²) in [5.74, 6) is 0.719. The monoisotopic (exact) mass is 544 g/mol. The van der Waals surface area contributed by atoms with Crippen molar-refractivity contribution < 1.29 is 27.4 Å². The van der Waals surface area contributed by atoms with Gasteiger partial charge in [0.1, 0.15) is 12.9 Å². The van der Waals surface area contributed by atoms with E-state index in [9.17, 15) is 18.0 Å². The normalized spacial score (nSPS) is 11.3. The first-order valence-electron chi connectivity index (χ1n) is 12.2. The van der Waals surface area contributed by atoms with Crippen molar-refractivity contribution in [3.63, 3.8) is 0 Å². The van der Waals surface area contributed by atoms with Gasteiger partial charge in [-0.15, -0.1) is 0 Å². The molecule has 1 amide bonds. The number of methoxy groups -OCH3 is 1. The number of anilines is 1. The van der Waals surface area contributed by atoms with Crippen molar-refractivity contribution in [1.82, 2.24) is 15.0 Å². The van der Waals surface area contributed by atoms with E-state index in [-0.39, 0.29) is 12.3 Å². The Morgan fingerprint density at radius 2 is 1.70 bits per heavy atom. The smallest absolute Gasteiger partial charge is 0.416 e. The van der Waals surface area contributed by atoms with Crippen molar-refractivity contribution in [3.8, 4) is 22.8 Å². The molecule has 7 nitrogen and oxygen atoms in total. The molecule has 0 bridgehead atoms. The summed E-state index contributed by atoms with van der Waals surface area (Å²) in [5.41, 5.74) is 3.30. The molecule has 40 heavy (non-hydrogen) atoms. The zero-order chi connectivity index (χ0) is 28.1. The van der Waals surface area contributed by atoms with Gasteiger partial charge >= 0.3 is 6.18 Å². The Labute approximate surface area is 227 Å². The molecule has 0 unspecified atom stereocenters. The minimum Gasteiger partial charge on any atom is -0.493 e. The van der Waals surface area contributed by atoms with Gasteiger partial charge in [0.15, 0.2) is 11.5 Å². The fourth-order valence-corrected chi connectivity index (χ4v) is 4.12. The molecule has 5 aromatic rings. The van der Waals surface area contributed by atoms with Crippen molar-refractivity contribution in [2.24, 2.45) is 0 Å². The highest BCUT2D eigenvalue weighted by Crippen LogP contribution is 2.36. The van der Waals surface area contributed by atoms with E-state index in [1.54, 1.807) is 37.7 Å². The number of nitrogens with zero attached hydrogens (tertiary/aromatic N) is 3. The lowest BCUT2D eigenvalue weighted by atomic mass is 10.1. The second kappa shape index (κ2) is 11.4. The number of benzene rings is 3. The molecule has 2 aromatic heterocycles. The van der Waals surface area contributed by atoms with Gasteiger partial charge in [-0.3, -0.25) is 9.78 Å². The molecule has 0 aliphatic heterocycles. The summed E-state index contributed by atoms with van der Waals surface area (Å²) >= 11 is 0. The standard InChI is InChI=1S/C30H23F3N4O3/c1-39-26-15-25-24(14-27(26)40-17-20-3-2-12-34-16-20)29(36-18-35-25)21-6-10-23(11-7-21)37-28(38)13-19-4-8-22(9-5-19)30(31,32)33/h2-12,14-16,18H,13,17H2,1H3,(H,37,38). The molecule has 0 spiro atoms. The third-order valence-corrected chi connectivity index (χ3v) is 6.13. The SMILES string of the molecule is COc1cc2ncnc(-c3ccc(NC(=O)Cc4ccc(C(F)(F)F)cc4)cc3)c2cc1OCc1cccnc1. The lowest BCUT2D eigenvalue weighted by Gasteiger charge is -2.13. The number of carbonyl (C=O) groups is 1. The number of aromatic nitrogens is 3. The number of hydrogen-bond donors (Lipinski definition) is 1. The number of ether oxygens (including phenoxy) is 2. The molecule has 202 valence electrons. The lowest BCUT2D eigenvalue weighted by Crippen LogP contribution is -2.14. The summed E-state index contributed by atoms with van der Waals surface area (Å²) in [6, 6.07) is 19.0. The van der Waals surface area contributed by atoms with Crippen LogP contribution in [0.5, 0.6) is 11.5 Å². The summed E-state index contributed by atoms with van der Waals surface area (Å²) in [4.78, 5) is 25.4. The molecule has 0 saturated carbocycles. The molecule has 2 heterocycles. The molecule has 0 fully saturated rings. The zero-order valence-corrected chi connectivity index (χ0v) is 21.3. The molecule has 0 radical (unpaired) electrons. The Kier molecular flexibility index (Phi) is 7.59. The first kappa shape index (κ1) is 26.6. The maximum absolute atomic E-state index is 12.8. The van der Waals surface area contributed by atoms with E-state index in [1.165, 1.54) is 18.5 Å². The van der Waals surface area contributed by atoms with Gasteiger partial charge in [-0.2, -0.15) is 13.2 Å². The molecule has 0 atom stereocenters. The van der Waals surface area contributed by atoms with E-state index < -0.39 is 11.7 Å². The molecule has 0 saturated heterocycles. The van der Waals surface area contributed by atoms with Gasteiger partial charge in [0, 0.05) is 40.7 Å². The number of fused-ring (bicyclic) bond motifs is 1. The summed E-state index contributed by atoms with van der Waals surface area (Å²) in [6.45, 7) is 0.305. The third-order valence-electron chi connectivity index (χ3n) is 6.13. The predicted molar refractivity (Wildman–Crippen MR) is 144 cm³/mol. The number of rotatable bonds is 8. The fraction of sp³-hybridized carbons (Fsp3) is 0.133. The van der Waals surface area contributed by atoms with Crippen molar-refractivity contribution in [3.05, 3.63) is 108 Å². The van der Waals surface area contributed by atoms with Crippen molar-refractivity contribution >= 4 is 22.5 Å². The number of carbonyl (C=O) groups excluding carboxylic acids is 1. The number of hydrogen-bond acceptors (Lipinski definition) is 6. The van der Waals surface area contributed by atoms with E-state index in [1.807, 2.05) is 30.3 Å². The summed E-state index contributed by atoms with van der Waals surface area (Å²) in [7, 11) is 1.56. The number of pyridine rings is 1. The number of alkyl halides is 3. The molecule has 0 aliphatic rings. The van der Waals surface area contributed by atoms with Crippen LogP contribution in [0.2, 0.25) is 0 Å². The number of amides is 1. The van der Waals surface area contributed by atoms with Crippen LogP contribution in [0.15, 0.2) is 91.5 Å². The first-order chi connectivity index (χ1) is 19.3. The van der Waals surface area contributed by atoms with E-state index >= 15 is 0 Å². The van der Waals surface area contributed by atoms with Crippen LogP contribution in [0.1, 0.15) is 16.7 Å².